The fraction of sp³-hybridized carbons (Fsp3) is 0.500. The molecule has 1 aliphatic carbocycles. The molecule has 4 aliphatic rings. The lowest BCUT2D eigenvalue weighted by Crippen LogP contribution is -2.48. The topological polar surface area (TPSA) is 75.3 Å². The van der Waals surface area contributed by atoms with Gasteiger partial charge in [-0.15, -0.1) is 0 Å². The largest absolute Gasteiger partial charge is 0.491 e. The molecule has 8 heteroatoms. The monoisotopic (exact) mass is 435 g/mol. The van der Waals surface area contributed by atoms with Gasteiger partial charge in [0.2, 0.25) is 0 Å². The molecule has 2 saturated heterocycles. The van der Waals surface area contributed by atoms with Crippen LogP contribution in [0.3, 0.4) is 0 Å². The summed E-state index contributed by atoms with van der Waals surface area (Å²) in [4.78, 5) is 15.0. The van der Waals surface area contributed by atoms with E-state index >= 15 is 0 Å². The molecule has 0 amide bonds. The van der Waals surface area contributed by atoms with Crippen LogP contribution in [0.5, 0.6) is 5.75 Å². The molecule has 1 aromatic carbocycles. The van der Waals surface area contributed by atoms with E-state index in [9.17, 15) is 4.39 Å². The average molecular weight is 436 g/mol. The quantitative estimate of drug-likeness (QED) is 0.654. The molecular formula is C24H26FN5O2. The molecule has 4 unspecified atom stereocenters. The maximum atomic E-state index is 13.9. The molecule has 5 heterocycles. The van der Waals surface area contributed by atoms with Crippen LogP contribution in [-0.2, 0) is 4.74 Å². The van der Waals surface area contributed by atoms with Crippen molar-refractivity contribution in [2.24, 2.45) is 11.8 Å². The highest BCUT2D eigenvalue weighted by Gasteiger charge is 2.44. The van der Waals surface area contributed by atoms with Gasteiger partial charge < -0.3 is 19.8 Å². The van der Waals surface area contributed by atoms with Crippen LogP contribution >= 0.6 is 0 Å². The summed E-state index contributed by atoms with van der Waals surface area (Å²) in [5.74, 6) is 2.93. The number of ether oxygens (including phenoxy) is 2. The van der Waals surface area contributed by atoms with E-state index < -0.39 is 0 Å². The second-order valence-electron chi connectivity index (χ2n) is 9.68. The van der Waals surface area contributed by atoms with E-state index in [0.29, 0.717) is 30.1 Å². The number of fused-ring (bicyclic) bond motifs is 3. The summed E-state index contributed by atoms with van der Waals surface area (Å²) in [7, 11) is 0. The van der Waals surface area contributed by atoms with Crippen molar-refractivity contribution in [2.45, 2.75) is 30.8 Å². The number of nitrogens with zero attached hydrogens (tertiary/aromatic N) is 3. The first-order valence-corrected chi connectivity index (χ1v) is 11.6. The first-order valence-electron chi connectivity index (χ1n) is 11.6. The zero-order valence-electron chi connectivity index (χ0n) is 17.8. The summed E-state index contributed by atoms with van der Waals surface area (Å²) < 4.78 is 25.7. The second-order valence-corrected chi connectivity index (χ2v) is 9.68. The lowest BCUT2D eigenvalue weighted by atomic mass is 9.94. The van der Waals surface area contributed by atoms with Gasteiger partial charge in [0.1, 0.15) is 36.0 Å². The Hall–Kier alpha value is -2.71. The molecule has 3 aromatic rings. The van der Waals surface area contributed by atoms with E-state index in [0.717, 1.165) is 48.7 Å². The van der Waals surface area contributed by atoms with Crippen molar-refractivity contribution in [3.63, 3.8) is 0 Å². The van der Waals surface area contributed by atoms with E-state index in [1.165, 1.54) is 30.7 Å². The standard InChI is InChI=1S/C24H26FN5O2/c25-16-3-4-17-21(5-16)32-11-20(30-7-14-9-31-10-15(14)8-30)22(17)29-24-18-6-19(13-1-2-13)28-23(18)26-12-27-24/h3-6,12-15,20,22H,1-2,7-11H2,(H2,26,27,28,29). The van der Waals surface area contributed by atoms with Crippen LogP contribution in [0.15, 0.2) is 30.6 Å². The van der Waals surface area contributed by atoms with Gasteiger partial charge in [0.15, 0.2) is 0 Å². The third-order valence-electron chi connectivity index (χ3n) is 7.60. The fourth-order valence-electron chi connectivity index (χ4n) is 5.69. The van der Waals surface area contributed by atoms with E-state index in [4.69, 9.17) is 9.47 Å². The van der Waals surface area contributed by atoms with Crippen molar-refractivity contribution in [1.82, 2.24) is 19.9 Å². The highest BCUT2D eigenvalue weighted by Crippen LogP contribution is 2.43. The third kappa shape index (κ3) is 3.08. The fourth-order valence-corrected chi connectivity index (χ4v) is 5.69. The molecule has 2 aromatic heterocycles. The Bertz CT molecular complexity index is 1170. The minimum atomic E-state index is -0.280. The Morgan fingerprint density at radius 3 is 2.72 bits per heavy atom. The Labute approximate surface area is 185 Å². The summed E-state index contributed by atoms with van der Waals surface area (Å²) >= 11 is 0. The predicted molar refractivity (Wildman–Crippen MR) is 117 cm³/mol. The number of benzene rings is 1. The van der Waals surface area contributed by atoms with Gasteiger partial charge in [-0.25, -0.2) is 14.4 Å². The van der Waals surface area contributed by atoms with Crippen LogP contribution in [0, 0.1) is 17.7 Å². The average Bonchev–Trinajstić information content (AvgIpc) is 3.20. The van der Waals surface area contributed by atoms with Gasteiger partial charge in [-0.1, -0.05) is 6.07 Å². The first kappa shape index (κ1) is 18.8. The maximum absolute atomic E-state index is 13.9. The summed E-state index contributed by atoms with van der Waals surface area (Å²) in [6, 6.07) is 7.11. The van der Waals surface area contributed by atoms with Crippen molar-refractivity contribution in [3.05, 3.63) is 47.7 Å². The van der Waals surface area contributed by atoms with Crippen LogP contribution in [0.25, 0.3) is 11.0 Å². The minimum absolute atomic E-state index is 0.0588. The summed E-state index contributed by atoms with van der Waals surface area (Å²) in [6.45, 7) is 4.21. The van der Waals surface area contributed by atoms with Crippen molar-refractivity contribution < 1.29 is 13.9 Å². The van der Waals surface area contributed by atoms with E-state index in [-0.39, 0.29) is 17.9 Å². The Balaban J connectivity index is 1.26. The molecule has 2 N–H and O–H groups in total. The molecular weight excluding hydrogens is 409 g/mol. The molecule has 0 spiro atoms. The van der Waals surface area contributed by atoms with Crippen LogP contribution in [0.2, 0.25) is 0 Å². The number of hydrogen-bond acceptors (Lipinski definition) is 6. The van der Waals surface area contributed by atoms with E-state index in [2.05, 4.69) is 31.2 Å². The molecule has 0 radical (unpaired) electrons. The van der Waals surface area contributed by atoms with Crippen LogP contribution < -0.4 is 10.1 Å². The number of hydrogen-bond donors (Lipinski definition) is 2. The number of aromatic nitrogens is 3. The second kappa shape index (κ2) is 7.15. The van der Waals surface area contributed by atoms with Crippen LogP contribution in [-0.4, -0.2) is 58.8 Å². The van der Waals surface area contributed by atoms with Gasteiger partial charge in [0.05, 0.1) is 30.7 Å². The van der Waals surface area contributed by atoms with E-state index in [1.807, 2.05) is 6.07 Å². The smallest absolute Gasteiger partial charge is 0.143 e. The molecule has 4 atom stereocenters. The maximum Gasteiger partial charge on any atom is 0.143 e. The van der Waals surface area contributed by atoms with Gasteiger partial charge in [-0.2, -0.15) is 0 Å². The van der Waals surface area contributed by atoms with E-state index in [1.54, 1.807) is 6.33 Å². The SMILES string of the molecule is Fc1ccc2c(c1)OCC(N1CC3COCC3C1)C2Nc1ncnc2[nH]c(C3CC3)cc12. The Morgan fingerprint density at radius 1 is 1.06 bits per heavy atom. The number of aromatic amines is 1. The predicted octanol–water partition coefficient (Wildman–Crippen LogP) is 3.47. The van der Waals surface area contributed by atoms with Crippen molar-refractivity contribution in [1.29, 1.82) is 0 Å². The van der Waals surface area contributed by atoms with Crippen molar-refractivity contribution in [2.75, 3.05) is 38.2 Å². The molecule has 7 rings (SSSR count). The van der Waals surface area contributed by atoms with Crippen LogP contribution in [0.1, 0.15) is 36.1 Å². The number of anilines is 1. The highest BCUT2D eigenvalue weighted by atomic mass is 19.1. The molecule has 1 saturated carbocycles. The summed E-state index contributed by atoms with van der Waals surface area (Å²) in [5, 5.41) is 4.73. The normalized spacial score (nSPS) is 29.7. The van der Waals surface area contributed by atoms with Crippen molar-refractivity contribution >= 4 is 16.9 Å². The third-order valence-corrected chi connectivity index (χ3v) is 7.60. The van der Waals surface area contributed by atoms with Gasteiger partial charge in [-0.3, -0.25) is 4.90 Å². The molecule has 32 heavy (non-hydrogen) atoms. The lowest BCUT2D eigenvalue weighted by molar-refractivity contribution is 0.0950. The Morgan fingerprint density at radius 2 is 1.91 bits per heavy atom. The Kier molecular flexibility index (Phi) is 4.20. The summed E-state index contributed by atoms with van der Waals surface area (Å²) in [5.41, 5.74) is 3.07. The van der Waals surface area contributed by atoms with Gasteiger partial charge in [0, 0.05) is 42.2 Å². The zero-order chi connectivity index (χ0) is 21.2. The number of halogens is 1. The van der Waals surface area contributed by atoms with Crippen LogP contribution in [0.4, 0.5) is 10.2 Å². The number of rotatable bonds is 4. The zero-order valence-corrected chi connectivity index (χ0v) is 17.8. The number of likely N-dealkylation sites (tertiary alicyclic amines) is 1. The molecule has 166 valence electrons. The van der Waals surface area contributed by atoms with Gasteiger partial charge >= 0.3 is 0 Å². The number of nitrogens with one attached hydrogen (secondary N) is 2. The molecule has 7 nitrogen and oxygen atoms in total. The van der Waals surface area contributed by atoms with Gasteiger partial charge in [-0.05, 0) is 30.9 Å². The highest BCUT2D eigenvalue weighted by molar-refractivity contribution is 5.88. The minimum Gasteiger partial charge on any atom is -0.491 e. The first-order chi connectivity index (χ1) is 15.7. The lowest BCUT2D eigenvalue weighted by Gasteiger charge is -2.40. The molecule has 3 fully saturated rings. The van der Waals surface area contributed by atoms with Crippen molar-refractivity contribution in [3.8, 4) is 5.75 Å². The molecule has 3 aliphatic heterocycles. The summed E-state index contributed by atoms with van der Waals surface area (Å²) in [6.07, 6.45) is 4.06. The van der Waals surface area contributed by atoms with Gasteiger partial charge in [0.25, 0.3) is 0 Å². The number of H-pyrrole nitrogens is 1. The molecule has 0 bridgehead atoms.